The van der Waals surface area contributed by atoms with E-state index in [-0.39, 0.29) is 10.8 Å². The minimum absolute atomic E-state index is 0.117. The zero-order chi connectivity index (χ0) is 22.7. The van der Waals surface area contributed by atoms with Gasteiger partial charge in [-0.3, -0.25) is 14.8 Å². The molecule has 5 heterocycles. The molecule has 2 aliphatic heterocycles. The number of nitrogens with one attached hydrogen (secondary N) is 2. The quantitative estimate of drug-likeness (QED) is 0.551. The summed E-state index contributed by atoms with van der Waals surface area (Å²) in [4.78, 5) is 28.4. The molecule has 0 spiro atoms. The second kappa shape index (κ2) is 7.05. The van der Waals surface area contributed by atoms with Gasteiger partial charge in [0.25, 0.3) is 0 Å². The highest BCUT2D eigenvalue weighted by atomic mass is 16.5. The zero-order valence-corrected chi connectivity index (χ0v) is 19.2. The maximum absolute atomic E-state index is 11.7. The fourth-order valence-corrected chi connectivity index (χ4v) is 4.66. The average Bonchev–Trinajstić information content (AvgIpc) is 3.41. The first-order valence-electron chi connectivity index (χ1n) is 10.9. The molecule has 0 aromatic carbocycles. The van der Waals surface area contributed by atoms with Crippen LogP contribution in [0.5, 0.6) is 5.75 Å². The normalized spacial score (nSPS) is 16.7. The van der Waals surface area contributed by atoms with E-state index in [1.807, 2.05) is 24.3 Å². The molecule has 0 aliphatic carbocycles. The van der Waals surface area contributed by atoms with Gasteiger partial charge >= 0.3 is 0 Å². The monoisotopic (exact) mass is 428 g/mol. The minimum atomic E-state index is -0.117. The van der Waals surface area contributed by atoms with E-state index in [0.717, 1.165) is 69.7 Å². The highest BCUT2D eigenvalue weighted by Gasteiger charge is 2.30. The molecular formula is C26H28N4O2. The molecule has 5 rings (SSSR count). The Morgan fingerprint density at radius 1 is 0.812 bits per heavy atom. The lowest BCUT2D eigenvalue weighted by atomic mass is 9.87. The number of ether oxygens (including phenoxy) is 1. The Labute approximate surface area is 187 Å². The van der Waals surface area contributed by atoms with E-state index in [1.54, 1.807) is 7.11 Å². The summed E-state index contributed by atoms with van der Waals surface area (Å²) in [6.45, 7) is 8.74. The third kappa shape index (κ3) is 3.49. The van der Waals surface area contributed by atoms with Gasteiger partial charge in [0.05, 0.1) is 18.1 Å². The Kier molecular flexibility index (Phi) is 4.52. The summed E-state index contributed by atoms with van der Waals surface area (Å²) in [7, 11) is 1.68. The van der Waals surface area contributed by atoms with Crippen molar-refractivity contribution in [3.05, 3.63) is 64.7 Å². The Morgan fingerprint density at radius 3 is 1.91 bits per heavy atom. The molecule has 0 amide bonds. The van der Waals surface area contributed by atoms with Gasteiger partial charge in [0.15, 0.2) is 6.29 Å². The van der Waals surface area contributed by atoms with Gasteiger partial charge in [-0.15, -0.1) is 0 Å². The number of H-pyrrole nitrogens is 2. The summed E-state index contributed by atoms with van der Waals surface area (Å²) in [6, 6.07) is 12.1. The molecule has 3 aromatic rings. The van der Waals surface area contributed by atoms with Gasteiger partial charge in [-0.25, -0.2) is 0 Å². The van der Waals surface area contributed by atoms with E-state index in [9.17, 15) is 4.79 Å². The zero-order valence-electron chi connectivity index (χ0n) is 19.2. The van der Waals surface area contributed by atoms with Crippen molar-refractivity contribution < 1.29 is 9.53 Å². The number of hydrogen-bond donors (Lipinski definition) is 2. The van der Waals surface area contributed by atoms with Crippen molar-refractivity contribution in [2.45, 2.75) is 51.4 Å². The smallest absolute Gasteiger partial charge is 0.152 e. The van der Waals surface area contributed by atoms with Crippen molar-refractivity contribution >= 4 is 28.4 Å². The molecule has 0 radical (unpaired) electrons. The van der Waals surface area contributed by atoms with Crippen LogP contribution in [0, 0.1) is 0 Å². The van der Waals surface area contributed by atoms with Crippen molar-refractivity contribution in [1.29, 1.82) is 0 Å². The number of carbonyl (C=O) groups is 1. The lowest BCUT2D eigenvalue weighted by molar-refractivity contribution is 0.112. The van der Waals surface area contributed by atoms with Gasteiger partial charge < -0.3 is 14.7 Å². The molecular weight excluding hydrogens is 400 g/mol. The highest BCUT2D eigenvalue weighted by Crippen LogP contribution is 2.34. The largest absolute Gasteiger partial charge is 0.494 e. The highest BCUT2D eigenvalue weighted by molar-refractivity contribution is 5.89. The van der Waals surface area contributed by atoms with Gasteiger partial charge in [-0.2, -0.15) is 0 Å². The lowest BCUT2D eigenvalue weighted by Crippen LogP contribution is -2.15. The summed E-state index contributed by atoms with van der Waals surface area (Å²) in [5, 5.41) is 0. The van der Waals surface area contributed by atoms with Gasteiger partial charge in [0.1, 0.15) is 5.75 Å². The third-order valence-corrected chi connectivity index (χ3v) is 6.45. The molecule has 32 heavy (non-hydrogen) atoms. The lowest BCUT2D eigenvalue weighted by Gasteiger charge is -2.15. The second-order valence-corrected chi connectivity index (χ2v) is 10.1. The molecule has 0 saturated carbocycles. The second-order valence-electron chi connectivity index (χ2n) is 10.1. The number of fused-ring (bicyclic) bond motifs is 8. The number of hydrogen-bond acceptors (Lipinski definition) is 4. The molecule has 0 unspecified atom stereocenters. The third-order valence-electron chi connectivity index (χ3n) is 6.45. The fraction of sp³-hybridized carbons (Fsp3) is 0.346. The molecule has 6 nitrogen and oxygen atoms in total. The summed E-state index contributed by atoms with van der Waals surface area (Å²) in [6.07, 6.45) is 2.51. The van der Waals surface area contributed by atoms with Crippen molar-refractivity contribution in [2.24, 2.45) is 0 Å². The van der Waals surface area contributed by atoms with E-state index in [4.69, 9.17) is 14.7 Å². The Bertz CT molecular complexity index is 1390. The van der Waals surface area contributed by atoms with Crippen LogP contribution in [0.2, 0.25) is 0 Å². The first-order valence-corrected chi connectivity index (χ1v) is 10.9. The van der Waals surface area contributed by atoms with E-state index >= 15 is 0 Å². The van der Waals surface area contributed by atoms with Crippen LogP contribution >= 0.6 is 0 Å². The van der Waals surface area contributed by atoms with Gasteiger partial charge in [0.2, 0.25) is 0 Å². The van der Waals surface area contributed by atoms with Crippen LogP contribution in [0.1, 0.15) is 60.8 Å². The van der Waals surface area contributed by atoms with Crippen molar-refractivity contribution in [1.82, 2.24) is 19.9 Å². The fourth-order valence-electron chi connectivity index (χ4n) is 4.66. The Balaban J connectivity index is 1.90. The average molecular weight is 429 g/mol. The molecule has 3 aromatic heterocycles. The Morgan fingerprint density at radius 2 is 1.34 bits per heavy atom. The molecule has 0 atom stereocenters. The number of aromatic nitrogens is 4. The van der Waals surface area contributed by atoms with Crippen LogP contribution in [0.3, 0.4) is 0 Å². The summed E-state index contributed by atoms with van der Waals surface area (Å²) in [5.74, 6) is 0.787. The van der Waals surface area contributed by atoms with Crippen LogP contribution in [0.15, 0.2) is 36.4 Å². The predicted molar refractivity (Wildman–Crippen MR) is 126 cm³/mol. The molecule has 6 heteroatoms. The number of aromatic amines is 2. The molecule has 2 aliphatic rings. The minimum Gasteiger partial charge on any atom is -0.494 e. The van der Waals surface area contributed by atoms with Crippen LogP contribution in [0.4, 0.5) is 0 Å². The van der Waals surface area contributed by atoms with Crippen molar-refractivity contribution in [3.8, 4) is 5.75 Å². The van der Waals surface area contributed by atoms with Gasteiger partial charge in [0, 0.05) is 69.1 Å². The maximum Gasteiger partial charge on any atom is 0.152 e. The standard InChI is InChI=1S/C26H28N4O2/c1-25(2)12-18-7-20-15(14-31)6-16(27-20)10-23-26(3,4)13-19(30-23)8-21-22(32-5)9-17(28-21)11-24(25)29-18/h6-11,14,27-28H,12-13H2,1-5H3. The Hall–Kier alpha value is -3.41. The van der Waals surface area contributed by atoms with E-state index in [2.05, 4.69) is 49.8 Å². The number of rotatable bonds is 2. The van der Waals surface area contributed by atoms with Gasteiger partial charge in [-0.1, -0.05) is 27.7 Å². The van der Waals surface area contributed by atoms with Crippen LogP contribution in [-0.2, 0) is 23.7 Å². The molecule has 0 saturated heterocycles. The SMILES string of the molecule is COc1cc2cc3nc(cc4[nH]c(cc5nc(cc1[nH]2)CC5(C)C)cc4C=O)CC3(C)C. The summed E-state index contributed by atoms with van der Waals surface area (Å²) in [5.41, 5.74) is 7.80. The van der Waals surface area contributed by atoms with Crippen LogP contribution < -0.4 is 4.74 Å². The number of nitrogens with zero attached hydrogens (tertiary/aromatic N) is 2. The molecule has 2 N–H and O–H groups in total. The number of methoxy groups -OCH3 is 1. The van der Waals surface area contributed by atoms with E-state index < -0.39 is 0 Å². The first kappa shape index (κ1) is 20.5. The van der Waals surface area contributed by atoms with Crippen LogP contribution in [0.25, 0.3) is 22.1 Å². The number of carbonyl (C=O) groups excluding carboxylic acids is 1. The maximum atomic E-state index is 11.7. The number of aldehydes is 1. The molecule has 0 fully saturated rings. The summed E-state index contributed by atoms with van der Waals surface area (Å²) >= 11 is 0. The van der Waals surface area contributed by atoms with Crippen LogP contribution in [-0.4, -0.2) is 33.3 Å². The van der Waals surface area contributed by atoms with Gasteiger partial charge in [-0.05, 0) is 30.3 Å². The first-order chi connectivity index (χ1) is 15.2. The van der Waals surface area contributed by atoms with E-state index in [0.29, 0.717) is 5.56 Å². The van der Waals surface area contributed by atoms with E-state index in [1.165, 1.54) is 0 Å². The predicted octanol–water partition coefficient (Wildman–Crippen LogP) is 5.18. The van der Waals surface area contributed by atoms with Crippen molar-refractivity contribution in [2.75, 3.05) is 7.11 Å². The van der Waals surface area contributed by atoms with Crippen molar-refractivity contribution in [3.63, 3.8) is 0 Å². The molecule has 8 bridgehead atoms. The topological polar surface area (TPSA) is 83.7 Å². The summed E-state index contributed by atoms with van der Waals surface area (Å²) < 4.78 is 5.63. The molecule has 164 valence electrons.